The monoisotopic (exact) mass is 504 g/mol. The highest BCUT2D eigenvalue weighted by molar-refractivity contribution is 7.91. The van der Waals surface area contributed by atoms with Crippen molar-refractivity contribution in [2.75, 3.05) is 24.5 Å². The zero-order valence-electron chi connectivity index (χ0n) is 17.2. The van der Waals surface area contributed by atoms with Gasteiger partial charge < -0.3 is 4.90 Å². The standard InChI is InChI=1S/C24H22Cl2N2O2S2/c25-19-8-6-18(7-9-19)23-16-27(32(29,30)24-5-2-14-31-24)12-13-28(23)22-11-10-20(26)15-21(22)17-3-1-4-17/h1-3,5-11,14-15,17,23H,4,12-13,16H2. The number of halogens is 2. The van der Waals surface area contributed by atoms with E-state index in [2.05, 4.69) is 23.1 Å². The molecule has 0 spiro atoms. The van der Waals surface area contributed by atoms with Gasteiger partial charge in [-0.2, -0.15) is 4.31 Å². The summed E-state index contributed by atoms with van der Waals surface area (Å²) in [6, 6.07) is 17.0. The average Bonchev–Trinajstić information content (AvgIpc) is 3.29. The number of hydrogen-bond donors (Lipinski definition) is 0. The molecule has 1 aromatic heterocycles. The first-order chi connectivity index (χ1) is 15.4. The van der Waals surface area contributed by atoms with Gasteiger partial charge in [-0.1, -0.05) is 53.6 Å². The van der Waals surface area contributed by atoms with Crippen LogP contribution in [0.2, 0.25) is 10.0 Å². The zero-order valence-corrected chi connectivity index (χ0v) is 20.3. The molecule has 0 bridgehead atoms. The van der Waals surface area contributed by atoms with Gasteiger partial charge in [0.05, 0.1) is 6.04 Å². The van der Waals surface area contributed by atoms with Gasteiger partial charge in [0.1, 0.15) is 4.21 Å². The fourth-order valence-electron chi connectivity index (χ4n) is 4.36. The summed E-state index contributed by atoms with van der Waals surface area (Å²) in [5.74, 6) is 0.336. The molecule has 4 nitrogen and oxygen atoms in total. The first-order valence-corrected chi connectivity index (χ1v) is 13.5. The van der Waals surface area contributed by atoms with Crippen molar-refractivity contribution in [1.82, 2.24) is 4.31 Å². The highest BCUT2D eigenvalue weighted by Crippen LogP contribution is 2.42. The number of hydrogen-bond acceptors (Lipinski definition) is 4. The molecule has 1 aliphatic heterocycles. The quantitative estimate of drug-likeness (QED) is 0.380. The van der Waals surface area contributed by atoms with Crippen LogP contribution in [0.4, 0.5) is 5.69 Å². The molecule has 2 heterocycles. The van der Waals surface area contributed by atoms with Crippen LogP contribution in [-0.4, -0.2) is 32.4 Å². The third-order valence-electron chi connectivity index (χ3n) is 6.14. The minimum Gasteiger partial charge on any atom is -0.362 e. The van der Waals surface area contributed by atoms with E-state index in [0.717, 1.165) is 17.7 Å². The zero-order chi connectivity index (χ0) is 22.3. The van der Waals surface area contributed by atoms with Gasteiger partial charge in [0.15, 0.2) is 0 Å². The fourth-order valence-corrected chi connectivity index (χ4v) is 7.25. The van der Waals surface area contributed by atoms with Crippen molar-refractivity contribution in [3.63, 3.8) is 0 Å². The van der Waals surface area contributed by atoms with Crippen molar-refractivity contribution in [1.29, 1.82) is 0 Å². The van der Waals surface area contributed by atoms with Crippen molar-refractivity contribution in [2.24, 2.45) is 0 Å². The van der Waals surface area contributed by atoms with E-state index in [-0.39, 0.29) is 6.04 Å². The summed E-state index contributed by atoms with van der Waals surface area (Å²) in [5.41, 5.74) is 3.33. The Morgan fingerprint density at radius 1 is 0.969 bits per heavy atom. The molecule has 3 aromatic rings. The summed E-state index contributed by atoms with van der Waals surface area (Å²) in [4.78, 5) is 2.32. The topological polar surface area (TPSA) is 40.6 Å². The average molecular weight is 505 g/mol. The predicted octanol–water partition coefficient (Wildman–Crippen LogP) is 6.35. The van der Waals surface area contributed by atoms with Gasteiger partial charge in [-0.05, 0) is 59.3 Å². The van der Waals surface area contributed by atoms with Gasteiger partial charge in [0.25, 0.3) is 10.0 Å². The van der Waals surface area contributed by atoms with Gasteiger partial charge in [0, 0.05) is 41.3 Å². The molecule has 0 radical (unpaired) electrons. The van der Waals surface area contributed by atoms with Crippen LogP contribution in [0.1, 0.15) is 29.5 Å². The highest BCUT2D eigenvalue weighted by Gasteiger charge is 2.37. The van der Waals surface area contributed by atoms with Gasteiger partial charge in [-0.3, -0.25) is 0 Å². The number of sulfonamides is 1. The Hall–Kier alpha value is -1.83. The van der Waals surface area contributed by atoms with Crippen LogP contribution in [-0.2, 0) is 10.0 Å². The molecule has 0 saturated carbocycles. The van der Waals surface area contributed by atoms with E-state index < -0.39 is 10.0 Å². The Bertz CT molecular complexity index is 1240. The number of rotatable bonds is 5. The third kappa shape index (κ3) is 4.11. The minimum atomic E-state index is -3.53. The maximum Gasteiger partial charge on any atom is 0.252 e. The van der Waals surface area contributed by atoms with Crippen molar-refractivity contribution in [2.45, 2.75) is 22.6 Å². The normalized spacial score (nSPS) is 21.5. The second-order valence-corrected chi connectivity index (χ2v) is 12.0. The fraction of sp³-hybridized carbons (Fsp3) is 0.250. The molecule has 2 atom stereocenters. The lowest BCUT2D eigenvalue weighted by Gasteiger charge is -2.43. The maximum atomic E-state index is 13.3. The largest absolute Gasteiger partial charge is 0.362 e. The Morgan fingerprint density at radius 3 is 2.38 bits per heavy atom. The summed E-state index contributed by atoms with van der Waals surface area (Å²) >= 11 is 13.7. The lowest BCUT2D eigenvalue weighted by atomic mass is 9.86. The molecule has 2 unspecified atom stereocenters. The van der Waals surface area contributed by atoms with Crippen LogP contribution in [0.5, 0.6) is 0 Å². The number of thiophene rings is 1. The van der Waals surface area contributed by atoms with Crippen molar-refractivity contribution < 1.29 is 8.42 Å². The van der Waals surface area contributed by atoms with Crippen LogP contribution >= 0.6 is 34.5 Å². The molecule has 1 fully saturated rings. The molecular formula is C24H22Cl2N2O2S2. The predicted molar refractivity (Wildman–Crippen MR) is 133 cm³/mol. The number of benzene rings is 2. The van der Waals surface area contributed by atoms with Gasteiger partial charge in [0.2, 0.25) is 0 Å². The van der Waals surface area contributed by atoms with E-state index in [9.17, 15) is 8.42 Å². The summed E-state index contributed by atoms with van der Waals surface area (Å²) in [7, 11) is -3.53. The Kier molecular flexibility index (Phi) is 6.07. The van der Waals surface area contributed by atoms with E-state index >= 15 is 0 Å². The molecule has 1 aliphatic carbocycles. The molecule has 1 saturated heterocycles. The molecule has 8 heteroatoms. The van der Waals surface area contributed by atoms with Crippen molar-refractivity contribution in [3.05, 3.63) is 93.3 Å². The van der Waals surface area contributed by atoms with Crippen LogP contribution in [0, 0.1) is 0 Å². The number of anilines is 1. The third-order valence-corrected chi connectivity index (χ3v) is 9.87. The first-order valence-electron chi connectivity index (χ1n) is 10.5. The number of allylic oxidation sites excluding steroid dienone is 2. The van der Waals surface area contributed by atoms with E-state index in [1.807, 2.05) is 36.4 Å². The van der Waals surface area contributed by atoms with Crippen LogP contribution in [0.25, 0.3) is 0 Å². The van der Waals surface area contributed by atoms with Crippen LogP contribution in [0.3, 0.4) is 0 Å². The van der Waals surface area contributed by atoms with E-state index in [4.69, 9.17) is 23.2 Å². The Labute approximate surface area is 202 Å². The molecule has 166 valence electrons. The number of piperazine rings is 1. The second kappa shape index (κ2) is 8.84. The Balaban J connectivity index is 1.55. The first kappa shape index (κ1) is 22.0. The van der Waals surface area contributed by atoms with E-state index in [1.165, 1.54) is 16.9 Å². The highest BCUT2D eigenvalue weighted by atomic mass is 35.5. The molecule has 2 aromatic carbocycles. The second-order valence-electron chi connectivity index (χ2n) is 8.03. The summed E-state index contributed by atoms with van der Waals surface area (Å²) in [6.07, 6.45) is 5.35. The maximum absolute atomic E-state index is 13.3. The van der Waals surface area contributed by atoms with E-state index in [0.29, 0.717) is 39.8 Å². The smallest absolute Gasteiger partial charge is 0.252 e. The van der Waals surface area contributed by atoms with Crippen LogP contribution in [0.15, 0.2) is 76.3 Å². The van der Waals surface area contributed by atoms with E-state index in [1.54, 1.807) is 21.8 Å². The van der Waals surface area contributed by atoms with Crippen molar-refractivity contribution >= 4 is 50.2 Å². The molecule has 32 heavy (non-hydrogen) atoms. The van der Waals surface area contributed by atoms with Crippen LogP contribution < -0.4 is 4.90 Å². The molecule has 0 N–H and O–H groups in total. The minimum absolute atomic E-state index is 0.139. The van der Waals surface area contributed by atoms with Gasteiger partial charge in [-0.15, -0.1) is 11.3 Å². The molecular weight excluding hydrogens is 483 g/mol. The lowest BCUT2D eigenvalue weighted by molar-refractivity contribution is 0.336. The lowest BCUT2D eigenvalue weighted by Crippen LogP contribution is -2.50. The summed E-state index contributed by atoms with van der Waals surface area (Å²) < 4.78 is 28.5. The molecule has 0 amide bonds. The molecule has 2 aliphatic rings. The molecule has 5 rings (SSSR count). The van der Waals surface area contributed by atoms with Gasteiger partial charge in [-0.25, -0.2) is 8.42 Å². The van der Waals surface area contributed by atoms with Gasteiger partial charge >= 0.3 is 0 Å². The number of nitrogens with zero attached hydrogens (tertiary/aromatic N) is 2. The SMILES string of the molecule is O=S(=O)(c1cccs1)N1CCN(c2ccc(Cl)cc2C2C=CC2)C(c2ccc(Cl)cc2)C1. The van der Waals surface area contributed by atoms with Crippen molar-refractivity contribution in [3.8, 4) is 0 Å². The summed E-state index contributed by atoms with van der Waals surface area (Å²) in [6.45, 7) is 1.38. The summed E-state index contributed by atoms with van der Waals surface area (Å²) in [5, 5.41) is 3.17. The Morgan fingerprint density at radius 2 is 1.72 bits per heavy atom.